The molecule has 13 heavy (non-hydrogen) atoms. The second-order valence-electron chi connectivity index (χ2n) is 2.85. The van der Waals surface area contributed by atoms with E-state index in [1.54, 1.807) is 0 Å². The lowest BCUT2D eigenvalue weighted by atomic mass is 10.3. The van der Waals surface area contributed by atoms with Crippen LogP contribution in [-0.2, 0) is 14.1 Å². The van der Waals surface area contributed by atoms with Crippen molar-refractivity contribution in [3.05, 3.63) is 0 Å². The molecule has 0 rings (SSSR count). The van der Waals surface area contributed by atoms with Crippen LogP contribution in [0.1, 0.15) is 40.0 Å². The fourth-order valence-electron chi connectivity index (χ4n) is 0.912. The molecule has 0 aromatic rings. The predicted octanol–water partition coefficient (Wildman–Crippen LogP) is 2.00. The molecule has 0 aromatic heterocycles. The van der Waals surface area contributed by atoms with Gasteiger partial charge in [-0.2, -0.15) is 0 Å². The lowest BCUT2D eigenvalue weighted by molar-refractivity contribution is -0.344. The van der Waals surface area contributed by atoms with Gasteiger partial charge in [-0.1, -0.05) is 20.8 Å². The van der Waals surface area contributed by atoms with Gasteiger partial charge < -0.3 is 14.1 Å². The molecule has 0 amide bonds. The van der Waals surface area contributed by atoms with Crippen LogP contribution in [-0.4, -0.2) is 27.2 Å². The van der Waals surface area contributed by atoms with Gasteiger partial charge in [0.2, 0.25) is 0 Å². The van der Waals surface area contributed by atoms with Crippen molar-refractivity contribution in [2.75, 3.05) is 13.2 Å². The van der Waals surface area contributed by atoms with Crippen molar-refractivity contribution < 1.29 is 14.1 Å². The zero-order chi connectivity index (χ0) is 10.2. The molecule has 0 fully saturated rings. The van der Waals surface area contributed by atoms with Gasteiger partial charge in [0.05, 0.1) is 13.2 Å². The molecule has 2 radical (unpaired) electrons. The molecule has 0 N–H and O–H groups in total. The van der Waals surface area contributed by atoms with E-state index in [4.69, 9.17) is 22.2 Å². The van der Waals surface area contributed by atoms with E-state index in [-0.39, 0.29) is 0 Å². The van der Waals surface area contributed by atoms with E-state index >= 15 is 0 Å². The van der Waals surface area contributed by atoms with E-state index < -0.39 is 5.97 Å². The first-order valence-corrected chi connectivity index (χ1v) is 4.90. The maximum atomic E-state index is 5.41. The van der Waals surface area contributed by atoms with Crippen molar-refractivity contribution in [1.29, 1.82) is 0 Å². The van der Waals surface area contributed by atoms with Gasteiger partial charge in [0.25, 0.3) is 14.0 Å². The van der Waals surface area contributed by atoms with Crippen molar-refractivity contribution in [1.82, 2.24) is 0 Å². The van der Waals surface area contributed by atoms with E-state index in [2.05, 4.69) is 0 Å². The Kier molecular flexibility index (Phi) is 7.33. The SMILES string of the molecule is [B]OC(CC)(OCCC)OCCC. The van der Waals surface area contributed by atoms with Crippen molar-refractivity contribution in [3.8, 4) is 0 Å². The van der Waals surface area contributed by atoms with Gasteiger partial charge >= 0.3 is 0 Å². The van der Waals surface area contributed by atoms with Crippen molar-refractivity contribution in [2.45, 2.75) is 46.0 Å². The van der Waals surface area contributed by atoms with Crippen LogP contribution in [0, 0.1) is 0 Å². The van der Waals surface area contributed by atoms with Crippen molar-refractivity contribution in [3.63, 3.8) is 0 Å². The Morgan fingerprint density at radius 2 is 1.46 bits per heavy atom. The van der Waals surface area contributed by atoms with Crippen molar-refractivity contribution >= 4 is 8.05 Å². The summed E-state index contributed by atoms with van der Waals surface area (Å²) in [5.41, 5.74) is 0. The van der Waals surface area contributed by atoms with Gasteiger partial charge in [0.15, 0.2) is 0 Å². The maximum absolute atomic E-state index is 5.41. The molecule has 4 heteroatoms. The third kappa shape index (κ3) is 4.65. The molecular formula is C9H19BO3. The molecule has 0 bridgehead atoms. The monoisotopic (exact) mass is 186 g/mol. The highest BCUT2D eigenvalue weighted by atomic mass is 16.9. The Balaban J connectivity index is 3.97. The standard InChI is InChI=1S/C9H19BO3/c1-4-7-11-9(6-3,13-10)12-8-5-2/h4-8H2,1-3H3. The van der Waals surface area contributed by atoms with Crippen LogP contribution in [0.5, 0.6) is 0 Å². The second-order valence-corrected chi connectivity index (χ2v) is 2.85. The first-order chi connectivity index (χ1) is 6.24. The summed E-state index contributed by atoms with van der Waals surface area (Å²) in [6.07, 6.45) is 2.42. The summed E-state index contributed by atoms with van der Waals surface area (Å²) in [6.45, 7) is 7.15. The lowest BCUT2D eigenvalue weighted by Gasteiger charge is -2.31. The summed E-state index contributed by atoms with van der Waals surface area (Å²) in [7, 11) is 5.15. The average Bonchev–Trinajstić information content (AvgIpc) is 2.20. The molecule has 0 spiro atoms. The summed E-state index contributed by atoms with van der Waals surface area (Å²) in [5.74, 6) is -1.04. The third-order valence-electron chi connectivity index (χ3n) is 1.66. The van der Waals surface area contributed by atoms with Gasteiger partial charge in [0.1, 0.15) is 0 Å². The molecule has 0 saturated heterocycles. The highest BCUT2D eigenvalue weighted by Crippen LogP contribution is 2.19. The van der Waals surface area contributed by atoms with E-state index in [0.29, 0.717) is 19.6 Å². The molecule has 0 heterocycles. The average molecular weight is 186 g/mol. The van der Waals surface area contributed by atoms with E-state index in [1.807, 2.05) is 20.8 Å². The molecule has 0 atom stereocenters. The Hall–Kier alpha value is -0.0551. The molecule has 76 valence electrons. The molecule has 0 aromatic carbocycles. The molecular weight excluding hydrogens is 167 g/mol. The summed E-state index contributed by atoms with van der Waals surface area (Å²) in [5, 5.41) is 0. The van der Waals surface area contributed by atoms with Gasteiger partial charge in [-0.15, -0.1) is 0 Å². The van der Waals surface area contributed by atoms with Crippen LogP contribution in [0.3, 0.4) is 0 Å². The number of hydrogen-bond acceptors (Lipinski definition) is 3. The zero-order valence-corrected chi connectivity index (χ0v) is 8.84. The Morgan fingerprint density at radius 3 is 1.69 bits per heavy atom. The van der Waals surface area contributed by atoms with Crippen LogP contribution in [0.4, 0.5) is 0 Å². The summed E-state index contributed by atoms with van der Waals surface area (Å²) < 4.78 is 15.6. The van der Waals surface area contributed by atoms with Crippen LogP contribution >= 0.6 is 0 Å². The van der Waals surface area contributed by atoms with Gasteiger partial charge in [-0.05, 0) is 12.8 Å². The smallest absolute Gasteiger partial charge is 0.289 e. The molecule has 0 aliphatic rings. The normalized spacial score (nSPS) is 11.9. The van der Waals surface area contributed by atoms with Crippen LogP contribution in [0.15, 0.2) is 0 Å². The van der Waals surface area contributed by atoms with E-state index in [1.165, 1.54) is 0 Å². The molecule has 0 unspecified atom stereocenters. The van der Waals surface area contributed by atoms with Gasteiger partial charge in [-0.3, -0.25) is 0 Å². The number of hydrogen-bond donors (Lipinski definition) is 0. The summed E-state index contributed by atoms with van der Waals surface area (Å²) in [4.78, 5) is 0. The van der Waals surface area contributed by atoms with Crippen LogP contribution in [0.2, 0.25) is 0 Å². The minimum absolute atomic E-state index is 0.587. The highest BCUT2D eigenvalue weighted by Gasteiger charge is 2.28. The highest BCUT2D eigenvalue weighted by molar-refractivity contribution is 5.98. The topological polar surface area (TPSA) is 27.7 Å². The van der Waals surface area contributed by atoms with Crippen LogP contribution in [0.25, 0.3) is 0 Å². The fourth-order valence-corrected chi connectivity index (χ4v) is 0.912. The Bertz CT molecular complexity index is 105. The summed E-state index contributed by atoms with van der Waals surface area (Å²) in [6, 6.07) is 0. The van der Waals surface area contributed by atoms with E-state index in [0.717, 1.165) is 12.8 Å². The minimum Gasteiger partial charge on any atom is -0.401 e. The molecule has 0 aliphatic heterocycles. The van der Waals surface area contributed by atoms with E-state index in [9.17, 15) is 0 Å². The Morgan fingerprint density at radius 1 is 1.00 bits per heavy atom. The molecule has 0 saturated carbocycles. The fraction of sp³-hybridized carbons (Fsp3) is 1.00. The number of rotatable bonds is 8. The lowest BCUT2D eigenvalue weighted by Crippen LogP contribution is -2.38. The third-order valence-corrected chi connectivity index (χ3v) is 1.66. The first-order valence-electron chi connectivity index (χ1n) is 4.90. The second kappa shape index (κ2) is 7.36. The number of ether oxygens (including phenoxy) is 2. The Labute approximate surface area is 82.2 Å². The van der Waals surface area contributed by atoms with Crippen molar-refractivity contribution in [2.24, 2.45) is 0 Å². The van der Waals surface area contributed by atoms with Gasteiger partial charge in [-0.25, -0.2) is 0 Å². The zero-order valence-electron chi connectivity index (χ0n) is 8.84. The molecule has 3 nitrogen and oxygen atoms in total. The summed E-state index contributed by atoms with van der Waals surface area (Å²) >= 11 is 0. The van der Waals surface area contributed by atoms with Crippen LogP contribution < -0.4 is 0 Å². The quantitative estimate of drug-likeness (QED) is 0.428. The predicted molar refractivity (Wildman–Crippen MR) is 52.3 cm³/mol. The van der Waals surface area contributed by atoms with Gasteiger partial charge in [0, 0.05) is 6.42 Å². The maximum Gasteiger partial charge on any atom is 0.289 e. The minimum atomic E-state index is -1.04. The largest absolute Gasteiger partial charge is 0.401 e. The first kappa shape index (κ1) is 12.9. The molecule has 0 aliphatic carbocycles.